The minimum Gasteiger partial charge on any atom is -0.613 e. The number of esters is 1. The summed E-state index contributed by atoms with van der Waals surface area (Å²) in [6, 6.07) is 3.18. The van der Waals surface area contributed by atoms with E-state index < -0.39 is 87.9 Å². The number of imide groups is 1. The van der Waals surface area contributed by atoms with Gasteiger partial charge in [0.05, 0.1) is 11.7 Å². The average Bonchev–Trinajstić information content (AvgIpc) is 2.99. The van der Waals surface area contributed by atoms with Gasteiger partial charge in [0.2, 0.25) is 18.4 Å². The van der Waals surface area contributed by atoms with E-state index in [2.05, 4.69) is 16.0 Å². The first-order valence-corrected chi connectivity index (χ1v) is 14.5. The Morgan fingerprint density at radius 1 is 1.13 bits per heavy atom. The van der Waals surface area contributed by atoms with Gasteiger partial charge in [-0.25, -0.2) is 9.69 Å². The summed E-state index contributed by atoms with van der Waals surface area (Å²) in [5.74, 6) is -7.41. The molecule has 3 unspecified atom stereocenters. The van der Waals surface area contributed by atoms with E-state index in [0.29, 0.717) is 9.80 Å². The van der Waals surface area contributed by atoms with Crippen LogP contribution in [0.1, 0.15) is 25.5 Å². The Bertz CT molecular complexity index is 1460. The fourth-order valence-electron chi connectivity index (χ4n) is 5.06. The standard InChI is InChI=1S/C26H28N6O11S.Na/c1-3-30-9-10-31(23(38)22(30)37)25(41)28-17(15-7-5-4-6-8-15)20(35)29-19-21(36)32-18(24(39)40)16(11-43-14(2)34)12-44(42)26(19,32)27-13-33;/h4-8,13,17,19H,3,9-12H2,1-2H3,(H,27,33)(H,28,41)(H,29,35)(H,39,40);/q;+1/p-1/t17?,19-,26?,44?;/m0./s1. The Hall–Kier alpha value is -3.97. The maximum Gasteiger partial charge on any atom is 1.00 e. The Morgan fingerprint density at radius 2 is 1.80 bits per heavy atom. The van der Waals surface area contributed by atoms with Gasteiger partial charge < -0.3 is 34.7 Å². The van der Waals surface area contributed by atoms with Crippen LogP contribution >= 0.6 is 0 Å². The number of likely N-dealkylation sites (N-methyl/N-ethyl adjacent to an activating group) is 1. The van der Waals surface area contributed by atoms with Crippen LogP contribution in [-0.2, 0) is 49.5 Å². The molecule has 0 radical (unpaired) electrons. The summed E-state index contributed by atoms with van der Waals surface area (Å²) in [5.41, 5.74) is -0.830. The maximum absolute atomic E-state index is 13.7. The average molecular weight is 655 g/mol. The first kappa shape index (κ1) is 35.5. The summed E-state index contributed by atoms with van der Waals surface area (Å²) in [6.45, 7) is 2.26. The van der Waals surface area contributed by atoms with Crippen LogP contribution in [-0.4, -0.2) is 110 Å². The molecular formula is C26H27N6NaO11S. The number of nitrogens with zero attached hydrogens (tertiary/aromatic N) is 3. The molecule has 4 rings (SSSR count). The van der Waals surface area contributed by atoms with Gasteiger partial charge >= 0.3 is 58.4 Å². The van der Waals surface area contributed by atoms with Gasteiger partial charge in [0, 0.05) is 43.3 Å². The number of hydrogen-bond donors (Lipinski definition) is 3. The van der Waals surface area contributed by atoms with Crippen LogP contribution in [0.25, 0.3) is 0 Å². The van der Waals surface area contributed by atoms with Crippen LogP contribution in [0, 0.1) is 0 Å². The minimum atomic E-state index is -2.30. The summed E-state index contributed by atoms with van der Waals surface area (Å²) in [6.07, 6.45) is 0.0650. The Kier molecular flexibility index (Phi) is 11.4. The molecule has 2 saturated heterocycles. The monoisotopic (exact) mass is 654 g/mol. The number of nitrogens with one attached hydrogen (secondary N) is 3. The summed E-state index contributed by atoms with van der Waals surface area (Å²) < 4.78 is 18.3. The number of carbonyl (C=O) groups is 8. The van der Waals surface area contributed by atoms with Crippen molar-refractivity contribution in [2.45, 2.75) is 30.9 Å². The number of β-lactam (4-membered cyclic amide) rings is 1. The summed E-state index contributed by atoms with van der Waals surface area (Å²) >= 11 is -2.30. The second kappa shape index (κ2) is 14.4. The molecule has 1 aromatic carbocycles. The molecule has 19 heteroatoms. The number of fused-ring (bicyclic) bond motifs is 1. The third-order valence-corrected chi connectivity index (χ3v) is 9.04. The van der Waals surface area contributed by atoms with Crippen molar-refractivity contribution in [2.75, 3.05) is 32.0 Å². The topological polar surface area (TPSA) is 238 Å². The van der Waals surface area contributed by atoms with Crippen molar-refractivity contribution in [1.29, 1.82) is 0 Å². The first-order chi connectivity index (χ1) is 20.9. The van der Waals surface area contributed by atoms with Crippen molar-refractivity contribution in [3.63, 3.8) is 0 Å². The Morgan fingerprint density at radius 3 is 2.38 bits per heavy atom. The fraction of sp³-hybridized carbons (Fsp3) is 0.385. The quantitative estimate of drug-likeness (QED) is 0.0535. The molecule has 3 aliphatic heterocycles. The third kappa shape index (κ3) is 6.55. The third-order valence-electron chi connectivity index (χ3n) is 7.20. The maximum atomic E-state index is 13.7. The zero-order valence-corrected chi connectivity index (χ0v) is 27.2. The zero-order valence-electron chi connectivity index (χ0n) is 24.4. The molecule has 7 amide bonds. The minimum absolute atomic E-state index is 0. The second-order valence-electron chi connectivity index (χ2n) is 9.72. The molecule has 0 spiro atoms. The molecule has 45 heavy (non-hydrogen) atoms. The summed E-state index contributed by atoms with van der Waals surface area (Å²) in [5, 5.41) is 19.0. The smallest absolute Gasteiger partial charge is 0.613 e. The SMILES string of the molecule is CCN1CCN(C(=O)NC(C(=O)N[C@H]2C(=O)N3C(C(=O)[O-])=C(COC(C)=O)C[S+]([O-])C23NC=O)c2ccccc2)C(=O)C1=O.[Na+]. The molecule has 0 saturated carbocycles. The number of rotatable bonds is 10. The van der Waals surface area contributed by atoms with Crippen LogP contribution in [0.2, 0.25) is 0 Å². The molecule has 3 heterocycles. The number of hydrogen-bond acceptors (Lipinski definition) is 11. The zero-order chi connectivity index (χ0) is 32.3. The summed E-state index contributed by atoms with van der Waals surface area (Å²) in [4.78, 5) is 100. The molecule has 2 fully saturated rings. The van der Waals surface area contributed by atoms with E-state index >= 15 is 0 Å². The number of amides is 7. The van der Waals surface area contributed by atoms with Crippen LogP contribution in [0.5, 0.6) is 0 Å². The predicted molar refractivity (Wildman–Crippen MR) is 144 cm³/mol. The van der Waals surface area contributed by atoms with Crippen LogP contribution in [0.4, 0.5) is 4.79 Å². The fourth-order valence-corrected chi connectivity index (χ4v) is 6.81. The molecule has 0 aromatic heterocycles. The van der Waals surface area contributed by atoms with E-state index in [1.54, 1.807) is 25.1 Å². The Balaban J connectivity index is 0.00000552. The first-order valence-electron chi connectivity index (χ1n) is 13.2. The molecule has 234 valence electrons. The molecule has 3 aliphatic rings. The van der Waals surface area contributed by atoms with E-state index in [1.807, 2.05) is 0 Å². The molecule has 17 nitrogen and oxygen atoms in total. The van der Waals surface area contributed by atoms with E-state index in [4.69, 9.17) is 4.74 Å². The number of benzene rings is 1. The van der Waals surface area contributed by atoms with E-state index in [0.717, 1.165) is 6.92 Å². The molecule has 0 aliphatic carbocycles. The second-order valence-corrected chi connectivity index (χ2v) is 11.3. The van der Waals surface area contributed by atoms with Crippen molar-refractivity contribution in [3.05, 3.63) is 47.2 Å². The van der Waals surface area contributed by atoms with E-state index in [-0.39, 0.29) is 66.7 Å². The van der Waals surface area contributed by atoms with Crippen molar-refractivity contribution in [1.82, 2.24) is 30.7 Å². The molecule has 4 atom stereocenters. The van der Waals surface area contributed by atoms with Gasteiger partial charge in [-0.15, -0.1) is 0 Å². The van der Waals surface area contributed by atoms with Gasteiger partial charge in [0.15, 0.2) is 0 Å². The number of piperazine rings is 1. The van der Waals surface area contributed by atoms with Gasteiger partial charge in [-0.1, -0.05) is 30.3 Å². The number of urea groups is 1. The van der Waals surface area contributed by atoms with Crippen molar-refractivity contribution in [2.24, 2.45) is 0 Å². The van der Waals surface area contributed by atoms with Gasteiger partial charge in [-0.2, -0.15) is 0 Å². The van der Waals surface area contributed by atoms with Gasteiger partial charge in [0.25, 0.3) is 5.91 Å². The molecule has 3 N–H and O–H groups in total. The molecule has 0 bridgehead atoms. The summed E-state index contributed by atoms with van der Waals surface area (Å²) in [7, 11) is 0. The van der Waals surface area contributed by atoms with Gasteiger partial charge in [-0.05, 0) is 12.5 Å². The van der Waals surface area contributed by atoms with E-state index in [1.165, 1.54) is 17.0 Å². The van der Waals surface area contributed by atoms with Crippen molar-refractivity contribution in [3.8, 4) is 0 Å². The molecular weight excluding hydrogens is 627 g/mol. The van der Waals surface area contributed by atoms with Crippen LogP contribution in [0.15, 0.2) is 41.6 Å². The van der Waals surface area contributed by atoms with Crippen molar-refractivity contribution >= 4 is 59.2 Å². The van der Waals surface area contributed by atoms with E-state index in [9.17, 15) is 48.0 Å². The van der Waals surface area contributed by atoms with Crippen LogP contribution < -0.4 is 50.6 Å². The largest absolute Gasteiger partial charge is 1.00 e. The number of ether oxygens (including phenoxy) is 1. The van der Waals surface area contributed by atoms with Crippen molar-refractivity contribution < 1.29 is 82.3 Å². The van der Waals surface area contributed by atoms with Gasteiger partial charge in [0.1, 0.15) is 18.4 Å². The number of carboxylic acid groups (broad SMARTS) is 1. The number of carbonyl (C=O) groups excluding carboxylic acids is 8. The van der Waals surface area contributed by atoms with Gasteiger partial charge in [-0.3, -0.25) is 39.0 Å². The van der Waals surface area contributed by atoms with Crippen LogP contribution in [0.3, 0.4) is 0 Å². The Labute approximate surface area is 281 Å². The number of aliphatic carboxylic acids is 1. The predicted octanol–water partition coefficient (Wildman–Crippen LogP) is -6.81. The number of carboxylic acids is 1. The molecule has 1 aromatic rings. The normalized spacial score (nSPS) is 23.2.